The molecule has 0 N–H and O–H groups in total. The first-order valence-electron chi connectivity index (χ1n) is 26.5. The second kappa shape index (κ2) is 18.2. The Morgan fingerprint density at radius 2 is 0.987 bits per heavy atom. The van der Waals surface area contributed by atoms with E-state index in [1.807, 2.05) is 12.3 Å². The zero-order chi connectivity index (χ0) is 51.8. The van der Waals surface area contributed by atoms with Crippen LogP contribution in [0.3, 0.4) is 0 Å². The predicted molar refractivity (Wildman–Crippen MR) is 316 cm³/mol. The fourth-order valence-electron chi connectivity index (χ4n) is 11.9. The van der Waals surface area contributed by atoms with Gasteiger partial charge in [0.05, 0.1) is 28.8 Å². The summed E-state index contributed by atoms with van der Waals surface area (Å²) in [7, 11) is 0. The van der Waals surface area contributed by atoms with E-state index in [1.165, 1.54) is 72.4 Å². The Bertz CT molecular complexity index is 3920. The predicted octanol–water partition coefficient (Wildman–Crippen LogP) is 18.0. The van der Waals surface area contributed by atoms with Crippen molar-refractivity contribution < 1.29 is 4.74 Å². The second-order valence-corrected chi connectivity index (χ2v) is 22.5. The molecule has 2 aliphatic rings. The summed E-state index contributed by atoms with van der Waals surface area (Å²) >= 11 is 0. The van der Waals surface area contributed by atoms with Gasteiger partial charge in [-0.3, -0.25) is 4.57 Å². The summed E-state index contributed by atoms with van der Waals surface area (Å²) in [5.41, 5.74) is 18.6. The molecule has 11 aromatic rings. The van der Waals surface area contributed by atoms with E-state index in [0.29, 0.717) is 6.67 Å². The van der Waals surface area contributed by atoms with Crippen molar-refractivity contribution in [3.63, 3.8) is 0 Å². The number of nitrogens with zero attached hydrogens (tertiary/aromatic N) is 4. The highest BCUT2D eigenvalue weighted by Gasteiger charge is 2.46. The number of aromatic nitrogens is 2. The van der Waals surface area contributed by atoms with Crippen LogP contribution in [0, 0.1) is 0 Å². The Kier molecular flexibility index (Phi) is 11.2. The van der Waals surface area contributed by atoms with Crippen molar-refractivity contribution in [3.05, 3.63) is 276 Å². The van der Waals surface area contributed by atoms with Gasteiger partial charge in [-0.2, -0.15) is 0 Å². The summed E-state index contributed by atoms with van der Waals surface area (Å²) in [6.45, 7) is 14.3. The van der Waals surface area contributed by atoms with Gasteiger partial charge in [-0.15, -0.1) is 0 Å². The van der Waals surface area contributed by atoms with Crippen LogP contribution in [0.2, 0.25) is 0 Å². The lowest BCUT2D eigenvalue weighted by molar-refractivity contribution is 0.483. The minimum Gasteiger partial charge on any atom is -0.457 e. The minimum absolute atomic E-state index is 0.0419. The standard InChI is InChI=1S/C71H60N4O/c1-69(2,3)51-37-38-72-67(44-51)75-65-43-52(71(50-25-14-9-15-26-50)63-31-18-16-29-57(63)58-30-17-19-32-64(58)71)33-35-59(65)60-36-34-56(46-66(60)75)76-55-28-20-27-54(45-55)73-39-40-74(47-73)68-61(48-21-10-7-11-22-48)41-53(70(4,5)6)42-62(68)49-23-12-8-13-24-49/h7-46H,47H2,1-6H3. The van der Waals surface area contributed by atoms with Gasteiger partial charge >= 0.3 is 0 Å². The molecule has 13 rings (SSSR count). The van der Waals surface area contributed by atoms with Gasteiger partial charge in [0.25, 0.3) is 0 Å². The molecule has 5 heteroatoms. The fraction of sp³-hybridized carbons (Fsp3) is 0.141. The Morgan fingerprint density at radius 1 is 0.434 bits per heavy atom. The second-order valence-electron chi connectivity index (χ2n) is 22.5. The van der Waals surface area contributed by atoms with Crippen LogP contribution in [0.4, 0.5) is 11.4 Å². The van der Waals surface area contributed by atoms with Gasteiger partial charge < -0.3 is 14.5 Å². The Balaban J connectivity index is 0.900. The molecule has 1 aliphatic carbocycles. The van der Waals surface area contributed by atoms with Crippen LogP contribution in [-0.4, -0.2) is 16.2 Å². The van der Waals surface area contributed by atoms with Crippen molar-refractivity contribution in [2.24, 2.45) is 0 Å². The Morgan fingerprint density at radius 3 is 1.62 bits per heavy atom. The molecular formula is C71H60N4O. The van der Waals surface area contributed by atoms with E-state index in [-0.39, 0.29) is 10.8 Å². The SMILES string of the molecule is CC(C)(C)c1ccnc(-n2c3cc(Oc4cccc(N5C=CN(c6c(-c7ccccc7)cc(C(C)(C)C)cc6-c6ccccc6)C5)c4)ccc3c3ccc(C4(c5ccccc5)c5ccccc5-c5ccccc54)cc32)c1. The van der Waals surface area contributed by atoms with Crippen LogP contribution in [0.15, 0.2) is 243 Å². The van der Waals surface area contributed by atoms with Crippen LogP contribution < -0.4 is 14.5 Å². The largest absolute Gasteiger partial charge is 0.457 e. The van der Waals surface area contributed by atoms with Crippen molar-refractivity contribution >= 4 is 33.2 Å². The molecule has 0 fully saturated rings. The maximum absolute atomic E-state index is 6.92. The van der Waals surface area contributed by atoms with Gasteiger partial charge in [0.15, 0.2) is 0 Å². The summed E-state index contributed by atoms with van der Waals surface area (Å²) in [5, 5.41) is 2.29. The molecule has 0 spiro atoms. The maximum atomic E-state index is 6.92. The van der Waals surface area contributed by atoms with Crippen LogP contribution in [0.25, 0.3) is 61.0 Å². The highest BCUT2D eigenvalue weighted by molar-refractivity contribution is 6.10. The van der Waals surface area contributed by atoms with E-state index in [0.717, 1.165) is 44.8 Å². The summed E-state index contributed by atoms with van der Waals surface area (Å²) in [6, 6.07) is 81.8. The third-order valence-electron chi connectivity index (χ3n) is 15.7. The number of rotatable bonds is 9. The number of pyridine rings is 1. The molecule has 0 radical (unpaired) electrons. The number of hydrogen-bond acceptors (Lipinski definition) is 4. The molecule has 3 heterocycles. The average Bonchev–Trinajstić information content (AvgIpc) is 4.35. The summed E-state index contributed by atoms with van der Waals surface area (Å²) in [6.07, 6.45) is 6.35. The van der Waals surface area contributed by atoms with Crippen LogP contribution in [0.1, 0.15) is 74.9 Å². The third-order valence-corrected chi connectivity index (χ3v) is 15.7. The molecule has 1 aliphatic heterocycles. The monoisotopic (exact) mass is 984 g/mol. The fourth-order valence-corrected chi connectivity index (χ4v) is 11.9. The molecule has 0 bridgehead atoms. The average molecular weight is 985 g/mol. The van der Waals surface area contributed by atoms with E-state index in [1.54, 1.807) is 0 Å². The van der Waals surface area contributed by atoms with Gasteiger partial charge in [0.2, 0.25) is 0 Å². The zero-order valence-electron chi connectivity index (χ0n) is 44.0. The maximum Gasteiger partial charge on any atom is 0.137 e. The third kappa shape index (κ3) is 7.88. The van der Waals surface area contributed by atoms with Gasteiger partial charge in [-0.1, -0.05) is 199 Å². The van der Waals surface area contributed by atoms with Crippen molar-refractivity contribution in [2.75, 3.05) is 16.5 Å². The zero-order valence-corrected chi connectivity index (χ0v) is 44.0. The molecule has 370 valence electrons. The normalized spacial score (nSPS) is 13.9. The van der Waals surface area contributed by atoms with E-state index in [9.17, 15) is 0 Å². The topological polar surface area (TPSA) is 33.5 Å². The summed E-state index contributed by atoms with van der Waals surface area (Å²) in [4.78, 5) is 9.82. The van der Waals surface area contributed by atoms with Crippen molar-refractivity contribution in [1.82, 2.24) is 9.55 Å². The number of fused-ring (bicyclic) bond motifs is 6. The molecule has 9 aromatic carbocycles. The van der Waals surface area contributed by atoms with Gasteiger partial charge in [-0.05, 0) is 121 Å². The van der Waals surface area contributed by atoms with E-state index in [4.69, 9.17) is 9.72 Å². The first-order chi connectivity index (χ1) is 36.9. The van der Waals surface area contributed by atoms with E-state index < -0.39 is 5.41 Å². The Hall–Kier alpha value is -8.93. The highest BCUT2D eigenvalue weighted by atomic mass is 16.5. The molecule has 76 heavy (non-hydrogen) atoms. The number of hydrogen-bond donors (Lipinski definition) is 0. The number of benzene rings is 9. The number of anilines is 2. The van der Waals surface area contributed by atoms with E-state index in [2.05, 4.69) is 287 Å². The summed E-state index contributed by atoms with van der Waals surface area (Å²) < 4.78 is 9.27. The molecule has 0 amide bonds. The van der Waals surface area contributed by atoms with Crippen LogP contribution in [0.5, 0.6) is 11.5 Å². The van der Waals surface area contributed by atoms with Crippen LogP contribution >= 0.6 is 0 Å². The van der Waals surface area contributed by atoms with Gasteiger partial charge in [-0.25, -0.2) is 4.98 Å². The Labute approximate surface area is 446 Å². The molecule has 0 unspecified atom stereocenters. The molecule has 0 saturated carbocycles. The first kappa shape index (κ1) is 46.8. The lowest BCUT2D eigenvalue weighted by atomic mass is 9.67. The lowest BCUT2D eigenvalue weighted by Gasteiger charge is -2.34. The van der Waals surface area contributed by atoms with Crippen LogP contribution in [-0.2, 0) is 16.2 Å². The van der Waals surface area contributed by atoms with Gasteiger partial charge in [0.1, 0.15) is 17.3 Å². The number of ether oxygens (including phenoxy) is 1. The quantitative estimate of drug-likeness (QED) is 0.144. The molecule has 0 atom stereocenters. The lowest BCUT2D eigenvalue weighted by Crippen LogP contribution is -2.28. The smallest absolute Gasteiger partial charge is 0.137 e. The minimum atomic E-state index is -0.545. The summed E-state index contributed by atoms with van der Waals surface area (Å²) in [5.74, 6) is 2.38. The molecule has 5 nitrogen and oxygen atoms in total. The molecular weight excluding hydrogens is 925 g/mol. The van der Waals surface area contributed by atoms with Crippen molar-refractivity contribution in [1.29, 1.82) is 0 Å². The molecule has 0 saturated heterocycles. The molecule has 2 aromatic heterocycles. The first-order valence-corrected chi connectivity index (χ1v) is 26.5. The highest BCUT2D eigenvalue weighted by Crippen LogP contribution is 2.57. The van der Waals surface area contributed by atoms with E-state index >= 15 is 0 Å². The van der Waals surface area contributed by atoms with Crippen molar-refractivity contribution in [2.45, 2.75) is 57.8 Å². The van der Waals surface area contributed by atoms with Crippen molar-refractivity contribution in [3.8, 4) is 50.7 Å². The van der Waals surface area contributed by atoms with Gasteiger partial charge in [0, 0.05) is 58.3 Å².